The molecule has 10 nitrogen and oxygen atoms in total. The number of benzene rings is 1. The molecule has 4 aromatic rings. The molecule has 0 bridgehead atoms. The number of aliphatic hydroxyl groups excluding tert-OH is 1. The van der Waals surface area contributed by atoms with Gasteiger partial charge in [-0.15, -0.1) is 0 Å². The lowest BCUT2D eigenvalue weighted by molar-refractivity contribution is -0.140. The molecule has 4 N–H and O–H groups in total. The Morgan fingerprint density at radius 3 is 2.65 bits per heavy atom. The number of β-amino-alcohol motifs (C(OH)–C–C–N with tert-alkyl or cyclic N) is 1. The maximum Gasteiger partial charge on any atom is 0.433 e. The maximum atomic E-state index is 13.8. The van der Waals surface area contributed by atoms with Gasteiger partial charge >= 0.3 is 6.18 Å². The van der Waals surface area contributed by atoms with Crippen molar-refractivity contribution in [3.05, 3.63) is 71.5 Å². The Morgan fingerprint density at radius 1 is 1.25 bits per heavy atom. The number of likely N-dealkylation sites (tertiary alicyclic amines) is 1. The van der Waals surface area contributed by atoms with Crippen molar-refractivity contribution in [3.8, 4) is 17.2 Å². The molecule has 3 atom stereocenters. The van der Waals surface area contributed by atoms with Crippen molar-refractivity contribution in [1.29, 1.82) is 0 Å². The molecule has 0 unspecified atom stereocenters. The molecule has 5 rings (SSSR count). The molecule has 1 amide bonds. The van der Waals surface area contributed by atoms with E-state index in [4.69, 9.17) is 14.9 Å². The van der Waals surface area contributed by atoms with Gasteiger partial charge in [-0.2, -0.15) is 13.2 Å². The predicted molar refractivity (Wildman–Crippen MR) is 136 cm³/mol. The highest BCUT2D eigenvalue weighted by Crippen LogP contribution is 2.39. The number of hydrogen-bond donors (Lipinski definition) is 3. The van der Waals surface area contributed by atoms with Crippen LogP contribution >= 0.6 is 0 Å². The largest absolute Gasteiger partial charge is 0.494 e. The summed E-state index contributed by atoms with van der Waals surface area (Å²) in [6.45, 7) is 1.00. The minimum Gasteiger partial charge on any atom is -0.494 e. The number of aromatic nitrogens is 3. The summed E-state index contributed by atoms with van der Waals surface area (Å²) in [5.41, 5.74) is 3.92. The van der Waals surface area contributed by atoms with Gasteiger partial charge in [0.05, 0.1) is 38.0 Å². The molecule has 40 heavy (non-hydrogen) atoms. The van der Waals surface area contributed by atoms with Crippen LogP contribution in [0.4, 0.5) is 13.2 Å². The van der Waals surface area contributed by atoms with Crippen LogP contribution in [0.25, 0.3) is 22.4 Å². The van der Waals surface area contributed by atoms with Crippen molar-refractivity contribution in [1.82, 2.24) is 19.9 Å². The van der Waals surface area contributed by atoms with Crippen molar-refractivity contribution < 1.29 is 37.3 Å². The number of rotatable bonds is 6. The van der Waals surface area contributed by atoms with Gasteiger partial charge in [-0.05, 0) is 43.3 Å². The Balaban J connectivity index is 1.58. The highest BCUT2D eigenvalue weighted by atomic mass is 19.4. The molecule has 1 aliphatic heterocycles. The zero-order chi connectivity index (χ0) is 28.8. The first-order chi connectivity index (χ1) is 19.0. The number of carbonyl (C=O) groups excluding carboxylic acids is 1. The van der Waals surface area contributed by atoms with Gasteiger partial charge in [-0.25, -0.2) is 9.97 Å². The number of nitrogens with zero attached hydrogens (tertiary/aromatic N) is 4. The van der Waals surface area contributed by atoms with Crippen LogP contribution in [-0.4, -0.2) is 62.3 Å². The second-order valence-electron chi connectivity index (χ2n) is 9.65. The monoisotopic (exact) mass is 557 g/mol. The van der Waals surface area contributed by atoms with E-state index in [0.717, 1.165) is 6.07 Å². The maximum absolute atomic E-state index is 13.8. The number of ether oxygens (including phenoxy) is 1. The average molecular weight is 558 g/mol. The molecule has 0 saturated carbocycles. The number of pyridine rings is 2. The first-order valence-corrected chi connectivity index (χ1v) is 12.3. The number of methoxy groups -OCH3 is 1. The molecular formula is C27H26F3N5O5. The van der Waals surface area contributed by atoms with Crippen LogP contribution in [0.2, 0.25) is 0 Å². The average Bonchev–Trinajstić information content (AvgIpc) is 3.54. The van der Waals surface area contributed by atoms with Gasteiger partial charge in [-0.3, -0.25) is 9.78 Å². The highest BCUT2D eigenvalue weighted by Gasteiger charge is 2.47. The second-order valence-corrected chi connectivity index (χ2v) is 9.65. The third-order valence-corrected chi connectivity index (χ3v) is 6.89. The molecule has 4 heterocycles. The quantitative estimate of drug-likeness (QED) is 0.324. The van der Waals surface area contributed by atoms with E-state index < -0.39 is 42.1 Å². The summed E-state index contributed by atoms with van der Waals surface area (Å²) in [4.78, 5) is 27.4. The fourth-order valence-corrected chi connectivity index (χ4v) is 4.95. The number of nitrogens with two attached hydrogens (primary N) is 1. The Bertz CT molecular complexity index is 1560. The zero-order valence-electron chi connectivity index (χ0n) is 21.5. The van der Waals surface area contributed by atoms with Crippen LogP contribution in [-0.2, 0) is 11.8 Å². The number of fused-ring (bicyclic) bond motifs is 1. The molecule has 1 aliphatic rings. The number of hydrogen-bond acceptors (Lipinski definition) is 9. The molecule has 3 aromatic heterocycles. The van der Waals surface area contributed by atoms with E-state index in [1.54, 1.807) is 25.1 Å². The number of oxazole rings is 1. The summed E-state index contributed by atoms with van der Waals surface area (Å²) in [6, 6.07) is 8.54. The van der Waals surface area contributed by atoms with E-state index >= 15 is 0 Å². The molecule has 0 aliphatic carbocycles. The third-order valence-electron chi connectivity index (χ3n) is 6.89. The van der Waals surface area contributed by atoms with Gasteiger partial charge < -0.3 is 30.0 Å². The summed E-state index contributed by atoms with van der Waals surface area (Å²) in [7, 11) is 1.31. The smallest absolute Gasteiger partial charge is 0.433 e. The lowest BCUT2D eigenvalue weighted by atomic mass is 9.96. The van der Waals surface area contributed by atoms with Gasteiger partial charge in [-0.1, -0.05) is 6.07 Å². The Labute approximate surface area is 226 Å². The van der Waals surface area contributed by atoms with E-state index in [-0.39, 0.29) is 52.5 Å². The van der Waals surface area contributed by atoms with Crippen molar-refractivity contribution in [2.75, 3.05) is 20.3 Å². The summed E-state index contributed by atoms with van der Waals surface area (Å²) in [6.07, 6.45) is -3.10. The van der Waals surface area contributed by atoms with Gasteiger partial charge in [0.1, 0.15) is 22.6 Å². The van der Waals surface area contributed by atoms with Crippen molar-refractivity contribution in [2.45, 2.75) is 37.2 Å². The van der Waals surface area contributed by atoms with E-state index in [1.807, 2.05) is 0 Å². The SMILES string of the molecule is COc1ccc(-c2nc(C(=O)N3C[C@](O)(c4ccccn4)C[C@H]3CO)c([C@H](C)N)o2)c2ccc(C(F)(F)F)nc12. The lowest BCUT2D eigenvalue weighted by Crippen LogP contribution is -2.39. The Kier molecular flexibility index (Phi) is 6.98. The van der Waals surface area contributed by atoms with E-state index in [9.17, 15) is 28.2 Å². The van der Waals surface area contributed by atoms with Gasteiger partial charge in [0, 0.05) is 23.6 Å². The summed E-state index contributed by atoms with van der Waals surface area (Å²) >= 11 is 0. The normalized spacial score (nSPS) is 20.2. The molecule has 1 aromatic carbocycles. The highest BCUT2D eigenvalue weighted by molar-refractivity contribution is 5.98. The number of halogens is 3. The van der Waals surface area contributed by atoms with Crippen molar-refractivity contribution in [3.63, 3.8) is 0 Å². The van der Waals surface area contributed by atoms with Crippen LogP contribution in [0.5, 0.6) is 5.75 Å². The molecule has 210 valence electrons. The van der Waals surface area contributed by atoms with Crippen molar-refractivity contribution in [2.24, 2.45) is 5.73 Å². The van der Waals surface area contributed by atoms with Crippen molar-refractivity contribution >= 4 is 16.8 Å². The van der Waals surface area contributed by atoms with Crippen LogP contribution in [0, 0.1) is 0 Å². The summed E-state index contributed by atoms with van der Waals surface area (Å²) < 4.78 is 51.2. The summed E-state index contributed by atoms with van der Waals surface area (Å²) in [5.74, 6) is -0.557. The third kappa shape index (κ3) is 4.76. The van der Waals surface area contributed by atoms with E-state index in [0.29, 0.717) is 5.69 Å². The first kappa shape index (κ1) is 27.5. The molecule has 13 heteroatoms. The summed E-state index contributed by atoms with van der Waals surface area (Å²) in [5, 5.41) is 21.6. The fourth-order valence-electron chi connectivity index (χ4n) is 4.95. The van der Waals surface area contributed by atoms with Gasteiger partial charge in [0.25, 0.3) is 5.91 Å². The lowest BCUT2D eigenvalue weighted by Gasteiger charge is -2.23. The van der Waals surface area contributed by atoms with Gasteiger partial charge in [0.15, 0.2) is 11.5 Å². The number of carbonyl (C=O) groups is 1. The number of alkyl halides is 3. The molecule has 1 fully saturated rings. The molecule has 0 spiro atoms. The van der Waals surface area contributed by atoms with Crippen LogP contribution in [0.15, 0.2) is 53.1 Å². The molecular weight excluding hydrogens is 531 g/mol. The van der Waals surface area contributed by atoms with E-state index in [2.05, 4.69) is 15.0 Å². The minimum atomic E-state index is -4.67. The number of amides is 1. The van der Waals surface area contributed by atoms with Crippen LogP contribution < -0.4 is 10.5 Å². The first-order valence-electron chi connectivity index (χ1n) is 12.3. The minimum absolute atomic E-state index is 0.0359. The number of aliphatic hydroxyl groups is 2. The Hall–Kier alpha value is -4.07. The molecule has 1 saturated heterocycles. The zero-order valence-corrected chi connectivity index (χ0v) is 21.5. The topological polar surface area (TPSA) is 148 Å². The van der Waals surface area contributed by atoms with E-state index in [1.165, 1.54) is 36.4 Å². The van der Waals surface area contributed by atoms with Crippen LogP contribution in [0.3, 0.4) is 0 Å². The second kappa shape index (κ2) is 10.2. The molecule has 0 radical (unpaired) electrons. The fraction of sp³-hybridized carbons (Fsp3) is 0.333. The van der Waals surface area contributed by atoms with Gasteiger partial charge in [0.2, 0.25) is 5.89 Å². The van der Waals surface area contributed by atoms with Crippen LogP contribution in [0.1, 0.15) is 47.0 Å². The predicted octanol–water partition coefficient (Wildman–Crippen LogP) is 3.43. The Morgan fingerprint density at radius 2 is 2.02 bits per heavy atom. The standard InChI is InChI=1S/C27H26F3N5O5/c1-14(31)23-22(25(37)35-13-26(38,11-15(35)12-36)19-5-3-4-10-32-19)34-24(40-23)17-6-8-18(39-2)21-16(17)7-9-20(33-21)27(28,29)30/h3-10,14-15,36,38H,11-13,31H2,1-2H3/t14-,15-,26-/m0/s1.